The highest BCUT2D eigenvalue weighted by atomic mass is 16.4. The summed E-state index contributed by atoms with van der Waals surface area (Å²) in [6, 6.07) is 0.0614. The summed E-state index contributed by atoms with van der Waals surface area (Å²) in [4.78, 5) is 22.5. The Morgan fingerprint density at radius 3 is 2.59 bits per heavy atom. The van der Waals surface area contributed by atoms with Crippen molar-refractivity contribution in [2.24, 2.45) is 11.8 Å². The van der Waals surface area contributed by atoms with E-state index in [1.807, 2.05) is 0 Å². The standard InChI is InChI=1S/C10H13N3O4/c1-5-12-13-10(17-5)11-8(14)6-2-3-7(4-6)9(15)16/h6-7H,2-4H2,1H3,(H,15,16)(H,11,13,14)/t6-,7+/m1/s1. The number of aryl methyl sites for hydroxylation is 1. The summed E-state index contributed by atoms with van der Waals surface area (Å²) < 4.78 is 5.02. The maximum atomic E-state index is 11.8. The number of hydrogen-bond acceptors (Lipinski definition) is 5. The monoisotopic (exact) mass is 239 g/mol. The van der Waals surface area contributed by atoms with Crippen LogP contribution < -0.4 is 5.32 Å². The van der Waals surface area contributed by atoms with E-state index in [0.717, 1.165) is 0 Å². The molecule has 0 aliphatic heterocycles. The van der Waals surface area contributed by atoms with E-state index in [2.05, 4.69) is 15.5 Å². The van der Waals surface area contributed by atoms with E-state index in [9.17, 15) is 9.59 Å². The first-order valence-corrected chi connectivity index (χ1v) is 5.40. The molecule has 1 aliphatic rings. The van der Waals surface area contributed by atoms with Crippen LogP contribution in [0.2, 0.25) is 0 Å². The molecule has 2 atom stereocenters. The van der Waals surface area contributed by atoms with Crippen LogP contribution in [0.1, 0.15) is 25.2 Å². The fourth-order valence-corrected chi connectivity index (χ4v) is 2.00. The van der Waals surface area contributed by atoms with Crippen LogP contribution in [0.25, 0.3) is 0 Å². The molecule has 1 aromatic rings. The van der Waals surface area contributed by atoms with Crippen LogP contribution in [-0.4, -0.2) is 27.2 Å². The minimum Gasteiger partial charge on any atom is -0.481 e. The quantitative estimate of drug-likeness (QED) is 0.808. The highest BCUT2D eigenvalue weighted by Crippen LogP contribution is 2.31. The lowest BCUT2D eigenvalue weighted by atomic mass is 10.0. The molecule has 0 spiro atoms. The molecule has 1 heterocycles. The smallest absolute Gasteiger partial charge is 0.322 e. The van der Waals surface area contributed by atoms with Crippen molar-refractivity contribution in [3.8, 4) is 0 Å². The number of aromatic nitrogens is 2. The number of aliphatic carboxylic acids is 1. The molecule has 2 rings (SSSR count). The van der Waals surface area contributed by atoms with Gasteiger partial charge in [0.25, 0.3) is 0 Å². The van der Waals surface area contributed by atoms with Gasteiger partial charge < -0.3 is 9.52 Å². The number of carbonyl (C=O) groups excluding carboxylic acids is 1. The number of rotatable bonds is 3. The van der Waals surface area contributed by atoms with Gasteiger partial charge in [0.15, 0.2) is 0 Å². The van der Waals surface area contributed by atoms with E-state index in [1.54, 1.807) is 6.92 Å². The van der Waals surface area contributed by atoms with Gasteiger partial charge in [-0.25, -0.2) is 0 Å². The van der Waals surface area contributed by atoms with Gasteiger partial charge in [-0.3, -0.25) is 14.9 Å². The summed E-state index contributed by atoms with van der Waals surface area (Å²) in [6.07, 6.45) is 1.49. The number of carboxylic acids is 1. The van der Waals surface area contributed by atoms with Crippen molar-refractivity contribution in [3.05, 3.63) is 5.89 Å². The maximum Gasteiger partial charge on any atom is 0.322 e. The molecule has 0 bridgehead atoms. The Morgan fingerprint density at radius 1 is 1.35 bits per heavy atom. The summed E-state index contributed by atoms with van der Waals surface area (Å²) in [5.74, 6) is -1.43. The van der Waals surface area contributed by atoms with Crippen molar-refractivity contribution in [1.29, 1.82) is 0 Å². The van der Waals surface area contributed by atoms with E-state index < -0.39 is 11.9 Å². The topological polar surface area (TPSA) is 105 Å². The number of anilines is 1. The third kappa shape index (κ3) is 2.61. The Hall–Kier alpha value is -1.92. The molecule has 0 unspecified atom stereocenters. The Morgan fingerprint density at radius 2 is 2.06 bits per heavy atom. The van der Waals surface area contributed by atoms with Crippen LogP contribution in [-0.2, 0) is 9.59 Å². The fourth-order valence-electron chi connectivity index (χ4n) is 2.00. The van der Waals surface area contributed by atoms with Crippen molar-refractivity contribution in [2.75, 3.05) is 5.32 Å². The molecule has 17 heavy (non-hydrogen) atoms. The number of amides is 1. The van der Waals surface area contributed by atoms with E-state index in [-0.39, 0.29) is 17.8 Å². The molecule has 0 saturated heterocycles. The predicted molar refractivity (Wildman–Crippen MR) is 56.1 cm³/mol. The largest absolute Gasteiger partial charge is 0.481 e. The normalized spacial score (nSPS) is 23.6. The number of nitrogens with one attached hydrogen (secondary N) is 1. The summed E-state index contributed by atoms with van der Waals surface area (Å²) >= 11 is 0. The van der Waals surface area contributed by atoms with Crippen LogP contribution in [0, 0.1) is 18.8 Å². The number of carboxylic acid groups (broad SMARTS) is 1. The van der Waals surface area contributed by atoms with E-state index in [0.29, 0.717) is 25.2 Å². The lowest BCUT2D eigenvalue weighted by Crippen LogP contribution is -2.21. The summed E-state index contributed by atoms with van der Waals surface area (Å²) in [5.41, 5.74) is 0. The molecule has 1 amide bonds. The van der Waals surface area contributed by atoms with Crippen molar-refractivity contribution < 1.29 is 19.1 Å². The first-order valence-electron chi connectivity index (χ1n) is 5.40. The first kappa shape index (κ1) is 11.6. The van der Waals surface area contributed by atoms with Crippen molar-refractivity contribution in [2.45, 2.75) is 26.2 Å². The molecular weight excluding hydrogens is 226 g/mol. The molecule has 7 nitrogen and oxygen atoms in total. The molecule has 1 fully saturated rings. The number of carbonyl (C=O) groups is 2. The highest BCUT2D eigenvalue weighted by molar-refractivity contribution is 5.91. The second-order valence-corrected chi connectivity index (χ2v) is 4.16. The first-order chi connectivity index (χ1) is 8.06. The Bertz CT molecular complexity index is 443. The van der Waals surface area contributed by atoms with Crippen molar-refractivity contribution in [3.63, 3.8) is 0 Å². The van der Waals surface area contributed by atoms with Gasteiger partial charge in [-0.05, 0) is 19.3 Å². The highest BCUT2D eigenvalue weighted by Gasteiger charge is 2.34. The molecule has 92 valence electrons. The summed E-state index contributed by atoms with van der Waals surface area (Å²) in [5, 5.41) is 18.6. The Balaban J connectivity index is 1.91. The molecule has 1 saturated carbocycles. The maximum absolute atomic E-state index is 11.8. The summed E-state index contributed by atoms with van der Waals surface area (Å²) in [7, 11) is 0. The van der Waals surface area contributed by atoms with Crippen molar-refractivity contribution in [1.82, 2.24) is 10.2 Å². The number of nitrogens with zero attached hydrogens (tertiary/aromatic N) is 2. The van der Waals surface area contributed by atoms with E-state index in [1.165, 1.54) is 0 Å². The molecule has 1 aliphatic carbocycles. The van der Waals surface area contributed by atoms with Gasteiger partial charge in [-0.15, -0.1) is 5.10 Å². The lowest BCUT2D eigenvalue weighted by Gasteiger charge is -2.07. The van der Waals surface area contributed by atoms with Gasteiger partial charge in [0.1, 0.15) is 0 Å². The molecule has 1 aromatic heterocycles. The minimum absolute atomic E-state index is 0.0614. The lowest BCUT2D eigenvalue weighted by molar-refractivity contribution is -0.141. The van der Waals surface area contributed by atoms with Crippen LogP contribution >= 0.6 is 0 Å². The Kier molecular flexibility index (Phi) is 3.08. The van der Waals surface area contributed by atoms with Gasteiger partial charge in [0.05, 0.1) is 5.92 Å². The second kappa shape index (κ2) is 4.52. The molecule has 0 radical (unpaired) electrons. The SMILES string of the molecule is Cc1nnc(NC(=O)[C@@H]2CC[C@H](C(=O)O)C2)o1. The third-order valence-corrected chi connectivity index (χ3v) is 2.91. The molecular formula is C10H13N3O4. The Labute approximate surface area is 97.2 Å². The van der Waals surface area contributed by atoms with Gasteiger partial charge in [0.2, 0.25) is 11.8 Å². The molecule has 7 heteroatoms. The molecule has 2 N–H and O–H groups in total. The minimum atomic E-state index is -0.839. The number of hydrogen-bond donors (Lipinski definition) is 2. The van der Waals surface area contributed by atoms with Crippen LogP contribution in [0.5, 0.6) is 0 Å². The van der Waals surface area contributed by atoms with Gasteiger partial charge >= 0.3 is 12.0 Å². The van der Waals surface area contributed by atoms with Crippen LogP contribution in [0.4, 0.5) is 6.01 Å². The van der Waals surface area contributed by atoms with Gasteiger partial charge in [-0.2, -0.15) is 0 Å². The summed E-state index contributed by atoms with van der Waals surface area (Å²) in [6.45, 7) is 1.62. The third-order valence-electron chi connectivity index (χ3n) is 2.91. The van der Waals surface area contributed by atoms with Gasteiger partial charge in [0, 0.05) is 12.8 Å². The average molecular weight is 239 g/mol. The predicted octanol–water partition coefficient (Wildman–Crippen LogP) is 0.817. The zero-order chi connectivity index (χ0) is 12.4. The van der Waals surface area contributed by atoms with E-state index in [4.69, 9.17) is 9.52 Å². The van der Waals surface area contributed by atoms with Crippen LogP contribution in [0.15, 0.2) is 4.42 Å². The van der Waals surface area contributed by atoms with Crippen molar-refractivity contribution >= 4 is 17.9 Å². The zero-order valence-corrected chi connectivity index (χ0v) is 9.34. The average Bonchev–Trinajstić information content (AvgIpc) is 2.86. The second-order valence-electron chi connectivity index (χ2n) is 4.16. The van der Waals surface area contributed by atoms with E-state index >= 15 is 0 Å². The fraction of sp³-hybridized carbons (Fsp3) is 0.600. The van der Waals surface area contributed by atoms with Crippen LogP contribution in [0.3, 0.4) is 0 Å². The van der Waals surface area contributed by atoms with Gasteiger partial charge in [-0.1, -0.05) is 5.10 Å². The zero-order valence-electron chi connectivity index (χ0n) is 9.34. The molecule has 0 aromatic carbocycles.